The van der Waals surface area contributed by atoms with Gasteiger partial charge in [0.05, 0.1) is 12.0 Å². The zero-order chi connectivity index (χ0) is 30.2. The number of piperidine rings is 1. The molecular weight excluding hydrogens is 562 g/mol. The van der Waals surface area contributed by atoms with E-state index in [1.807, 2.05) is 24.3 Å². The minimum absolute atomic E-state index is 0.0287. The molecule has 4 heterocycles. The second kappa shape index (κ2) is 11.4. The number of aryl methyl sites for hydroxylation is 3. The zero-order valence-electron chi connectivity index (χ0n) is 23.4. The Balaban J connectivity index is 1.40. The summed E-state index contributed by atoms with van der Waals surface area (Å²) >= 11 is 0. The molecule has 1 saturated heterocycles. The lowest BCUT2D eigenvalue weighted by molar-refractivity contribution is -0.131. The van der Waals surface area contributed by atoms with Crippen molar-refractivity contribution in [1.82, 2.24) is 39.3 Å². The molecule has 1 aromatic carbocycles. The van der Waals surface area contributed by atoms with Gasteiger partial charge in [0.2, 0.25) is 11.8 Å². The third-order valence-electron chi connectivity index (χ3n) is 7.42. The largest absolute Gasteiger partial charge is 0.368 e. The summed E-state index contributed by atoms with van der Waals surface area (Å²) in [4.78, 5) is 48.3. The topological polar surface area (TPSA) is 190 Å². The van der Waals surface area contributed by atoms with Gasteiger partial charge in [-0.25, -0.2) is 18.1 Å². The molecule has 1 aliphatic rings. The van der Waals surface area contributed by atoms with Crippen LogP contribution in [0.4, 0.5) is 0 Å². The normalized spacial score (nSPS) is 18.2. The molecule has 3 atom stereocenters. The lowest BCUT2D eigenvalue weighted by atomic mass is 9.95. The number of carbonyl (C=O) groups is 3. The van der Waals surface area contributed by atoms with Crippen molar-refractivity contribution in [3.8, 4) is 0 Å². The number of hydrogen-bond acceptors (Lipinski definition) is 7. The second-order valence-corrected chi connectivity index (χ2v) is 12.2. The molecule has 0 saturated carbocycles. The number of aromatic amines is 1. The lowest BCUT2D eigenvalue weighted by Gasteiger charge is -2.39. The fraction of sp³-hybridized carbons (Fsp3) is 0.370. The highest BCUT2D eigenvalue weighted by molar-refractivity contribution is 7.89. The molecule has 4 aromatic rings. The van der Waals surface area contributed by atoms with Crippen molar-refractivity contribution >= 4 is 38.6 Å². The molecular formula is C27H33N9O5S. The van der Waals surface area contributed by atoms with Crippen LogP contribution in [-0.4, -0.2) is 80.0 Å². The van der Waals surface area contributed by atoms with E-state index in [-0.39, 0.29) is 36.5 Å². The van der Waals surface area contributed by atoms with Crippen LogP contribution in [0.25, 0.3) is 10.9 Å². The number of nitrogens with zero attached hydrogens (tertiary/aromatic N) is 5. The van der Waals surface area contributed by atoms with Crippen molar-refractivity contribution in [2.45, 2.75) is 49.3 Å². The van der Waals surface area contributed by atoms with E-state index in [1.165, 1.54) is 26.7 Å². The minimum Gasteiger partial charge on any atom is -0.368 e. The summed E-state index contributed by atoms with van der Waals surface area (Å²) in [5.41, 5.74) is 8.28. The van der Waals surface area contributed by atoms with Crippen LogP contribution in [0.15, 0.2) is 54.1 Å². The number of amides is 3. The fourth-order valence-electron chi connectivity index (χ4n) is 5.34. The molecule has 0 spiro atoms. The van der Waals surface area contributed by atoms with Gasteiger partial charge < -0.3 is 25.5 Å². The highest BCUT2D eigenvalue weighted by Gasteiger charge is 2.40. The number of benzene rings is 1. The van der Waals surface area contributed by atoms with Gasteiger partial charge in [0.1, 0.15) is 17.8 Å². The van der Waals surface area contributed by atoms with E-state index in [1.54, 1.807) is 33.3 Å². The van der Waals surface area contributed by atoms with Gasteiger partial charge in [0.25, 0.3) is 15.9 Å². The Labute approximate surface area is 242 Å². The van der Waals surface area contributed by atoms with Crippen molar-refractivity contribution < 1.29 is 22.8 Å². The predicted octanol–water partition coefficient (Wildman–Crippen LogP) is 0.108. The van der Waals surface area contributed by atoms with Crippen LogP contribution in [0.3, 0.4) is 0 Å². The van der Waals surface area contributed by atoms with Crippen molar-refractivity contribution in [3.63, 3.8) is 0 Å². The summed E-state index contributed by atoms with van der Waals surface area (Å²) in [7, 11) is -0.695. The van der Waals surface area contributed by atoms with Crippen molar-refractivity contribution in [2.75, 3.05) is 6.54 Å². The van der Waals surface area contributed by atoms with E-state index in [4.69, 9.17) is 5.73 Å². The Hall–Kier alpha value is -4.50. The average molecular weight is 596 g/mol. The summed E-state index contributed by atoms with van der Waals surface area (Å²) in [6, 6.07) is 6.33. The Morgan fingerprint density at radius 2 is 1.98 bits per heavy atom. The number of H-pyrrole nitrogens is 1. The number of aromatic nitrogens is 5. The molecule has 1 fully saturated rings. The number of fused-ring (bicyclic) bond motifs is 1. The van der Waals surface area contributed by atoms with E-state index in [0.717, 1.165) is 16.5 Å². The molecule has 3 amide bonds. The Morgan fingerprint density at radius 1 is 1.21 bits per heavy atom. The number of primary amides is 1. The van der Waals surface area contributed by atoms with E-state index in [9.17, 15) is 22.8 Å². The molecule has 5 rings (SSSR count). The van der Waals surface area contributed by atoms with Gasteiger partial charge in [-0.3, -0.25) is 19.1 Å². The van der Waals surface area contributed by atoms with Crippen LogP contribution < -0.4 is 15.8 Å². The number of nitrogens with one attached hydrogen (secondary N) is 3. The standard InChI is InChI=1S/C27H33N9O5S/c1-16-10-23(35(3)32-16)27(39)36-9-8-18(33-42(40,41)24-14-34(2)15-30-24)12-22(36)26(38)31-21(25(28)37)11-17-13-29-20-7-5-4-6-19(17)20/h4-7,10,13-15,18,21-22,29,33H,8-9,11-12H2,1-3H3,(H2,28,37)(H,31,38)/t18-,21+,22-/m0/s1. The first kappa shape index (κ1) is 29.0. The second-order valence-electron chi connectivity index (χ2n) is 10.6. The smallest absolute Gasteiger partial charge is 0.272 e. The Bertz CT molecular complexity index is 1760. The first-order chi connectivity index (χ1) is 19.9. The SMILES string of the molecule is Cc1cc(C(=O)N2CC[C@H](NS(=O)(=O)c3cn(C)cn3)C[C@H]2C(=O)N[C@H](Cc2c[nH]c3ccccc23)C(N)=O)n(C)n1. The van der Waals surface area contributed by atoms with E-state index >= 15 is 0 Å². The maximum Gasteiger partial charge on any atom is 0.272 e. The molecule has 14 nitrogen and oxygen atoms in total. The van der Waals surface area contributed by atoms with Crippen molar-refractivity contribution in [1.29, 1.82) is 0 Å². The van der Waals surface area contributed by atoms with Gasteiger partial charge in [0.15, 0.2) is 5.03 Å². The first-order valence-corrected chi connectivity index (χ1v) is 14.9. The molecule has 15 heteroatoms. The van der Waals surface area contributed by atoms with Crippen LogP contribution in [-0.2, 0) is 40.1 Å². The fourth-order valence-corrected chi connectivity index (χ4v) is 6.61. The Morgan fingerprint density at radius 3 is 2.64 bits per heavy atom. The number of imidazole rings is 1. The van der Waals surface area contributed by atoms with Crippen LogP contribution in [0, 0.1) is 6.92 Å². The maximum atomic E-state index is 13.8. The third-order valence-corrected chi connectivity index (χ3v) is 8.83. The third kappa shape index (κ3) is 5.92. The molecule has 0 unspecified atom stereocenters. The number of para-hydroxylation sites is 1. The average Bonchev–Trinajstić information content (AvgIpc) is 3.66. The van der Waals surface area contributed by atoms with Crippen molar-refractivity contribution in [3.05, 3.63) is 66.0 Å². The van der Waals surface area contributed by atoms with Gasteiger partial charge >= 0.3 is 0 Å². The highest BCUT2D eigenvalue weighted by Crippen LogP contribution is 2.24. The predicted molar refractivity (Wildman–Crippen MR) is 152 cm³/mol. The molecule has 1 aliphatic heterocycles. The molecule has 222 valence electrons. The lowest BCUT2D eigenvalue weighted by Crippen LogP contribution is -2.60. The Kier molecular flexibility index (Phi) is 7.88. The summed E-state index contributed by atoms with van der Waals surface area (Å²) in [5, 5.41) is 7.71. The number of carbonyl (C=O) groups excluding carboxylic acids is 3. The minimum atomic E-state index is -3.98. The quantitative estimate of drug-likeness (QED) is 0.211. The van der Waals surface area contributed by atoms with Gasteiger partial charge in [-0.2, -0.15) is 5.10 Å². The number of hydrogen-bond donors (Lipinski definition) is 4. The van der Waals surface area contributed by atoms with E-state index in [2.05, 4.69) is 25.1 Å². The molecule has 42 heavy (non-hydrogen) atoms. The van der Waals surface area contributed by atoms with Crippen LogP contribution >= 0.6 is 0 Å². The molecule has 3 aromatic heterocycles. The van der Waals surface area contributed by atoms with Gasteiger partial charge in [0, 0.05) is 56.4 Å². The summed E-state index contributed by atoms with van der Waals surface area (Å²) in [5.74, 6) is -1.79. The van der Waals surface area contributed by atoms with Crippen molar-refractivity contribution in [2.24, 2.45) is 19.8 Å². The number of sulfonamides is 1. The van der Waals surface area contributed by atoms with Crippen LogP contribution in [0.1, 0.15) is 34.6 Å². The molecule has 5 N–H and O–H groups in total. The first-order valence-electron chi connectivity index (χ1n) is 13.4. The zero-order valence-corrected chi connectivity index (χ0v) is 24.3. The van der Waals surface area contributed by atoms with E-state index < -0.39 is 45.9 Å². The number of likely N-dealkylation sites (tertiary alicyclic amines) is 1. The monoisotopic (exact) mass is 595 g/mol. The number of rotatable bonds is 9. The molecule has 0 radical (unpaired) electrons. The number of nitrogens with two attached hydrogens (primary N) is 1. The van der Waals surface area contributed by atoms with Gasteiger partial charge in [-0.15, -0.1) is 0 Å². The molecule has 0 aliphatic carbocycles. The van der Waals surface area contributed by atoms with Gasteiger partial charge in [-0.05, 0) is 37.5 Å². The van der Waals surface area contributed by atoms with Crippen LogP contribution in [0.2, 0.25) is 0 Å². The van der Waals surface area contributed by atoms with E-state index in [0.29, 0.717) is 5.69 Å². The summed E-state index contributed by atoms with van der Waals surface area (Å²) in [6.07, 6.45) is 4.86. The highest BCUT2D eigenvalue weighted by atomic mass is 32.2. The van der Waals surface area contributed by atoms with Gasteiger partial charge in [-0.1, -0.05) is 18.2 Å². The summed E-state index contributed by atoms with van der Waals surface area (Å²) in [6.45, 7) is 1.84. The summed E-state index contributed by atoms with van der Waals surface area (Å²) < 4.78 is 31.5. The maximum absolute atomic E-state index is 13.8. The van der Waals surface area contributed by atoms with Crippen LogP contribution in [0.5, 0.6) is 0 Å². The molecule has 0 bridgehead atoms.